The predicted octanol–water partition coefficient (Wildman–Crippen LogP) is 2.51. The van der Waals surface area contributed by atoms with Gasteiger partial charge in [-0.05, 0) is 57.1 Å². The van der Waals surface area contributed by atoms with Gasteiger partial charge in [-0.15, -0.1) is 0 Å². The number of ether oxygens (including phenoxy) is 4. The molecule has 0 spiro atoms. The first-order valence-corrected chi connectivity index (χ1v) is 11.1. The summed E-state index contributed by atoms with van der Waals surface area (Å²) in [6, 6.07) is 0. The quantitative estimate of drug-likeness (QED) is 0.209. The lowest BCUT2D eigenvalue weighted by Crippen LogP contribution is -2.29. The van der Waals surface area contributed by atoms with Gasteiger partial charge in [-0.25, -0.2) is 14.4 Å². The minimum absolute atomic E-state index is 0.0806. The summed E-state index contributed by atoms with van der Waals surface area (Å²) in [6.07, 6.45) is 7.21. The molecule has 0 unspecified atom stereocenters. The standard InChI is InChI=1S/C24H28O8/c1-14-18-9-8-15(5-4-10-24(2)21(32-24)20(18)31-22(14)27)12-29-19(26)13-30-23(28)16-6-3-7-17(25)11-16/h5,11,18,20-21H,1,3-4,6-10,12-13H2,2H3/b15-5+/t18-,20-,21+,24+/m0/s1. The van der Waals surface area contributed by atoms with Gasteiger partial charge < -0.3 is 18.9 Å². The van der Waals surface area contributed by atoms with Gasteiger partial charge >= 0.3 is 17.9 Å². The van der Waals surface area contributed by atoms with Gasteiger partial charge in [-0.3, -0.25) is 4.79 Å². The zero-order valence-corrected chi connectivity index (χ0v) is 18.2. The number of esters is 3. The lowest BCUT2D eigenvalue weighted by molar-refractivity contribution is -0.156. The fraction of sp³-hybridized carbons (Fsp3) is 0.583. The van der Waals surface area contributed by atoms with E-state index in [2.05, 4.69) is 6.58 Å². The van der Waals surface area contributed by atoms with E-state index in [9.17, 15) is 19.2 Å². The van der Waals surface area contributed by atoms with E-state index in [1.807, 2.05) is 13.0 Å². The van der Waals surface area contributed by atoms with Crippen molar-refractivity contribution >= 4 is 23.7 Å². The normalized spacial score (nSPS) is 33.7. The summed E-state index contributed by atoms with van der Waals surface area (Å²) in [6.45, 7) is 5.49. The van der Waals surface area contributed by atoms with Crippen LogP contribution in [0.2, 0.25) is 0 Å². The molecule has 0 N–H and O–H groups in total. The van der Waals surface area contributed by atoms with Crippen molar-refractivity contribution in [2.45, 2.75) is 69.7 Å². The van der Waals surface area contributed by atoms with Crippen molar-refractivity contribution in [3.63, 3.8) is 0 Å². The second kappa shape index (κ2) is 9.02. The van der Waals surface area contributed by atoms with Crippen LogP contribution in [0.4, 0.5) is 0 Å². The highest BCUT2D eigenvalue weighted by Crippen LogP contribution is 2.49. The number of hydrogen-bond acceptors (Lipinski definition) is 8. The molecule has 2 fully saturated rings. The Morgan fingerprint density at radius 2 is 2.03 bits per heavy atom. The lowest BCUT2D eigenvalue weighted by atomic mass is 9.84. The van der Waals surface area contributed by atoms with Gasteiger partial charge in [0.15, 0.2) is 12.4 Å². The largest absolute Gasteiger partial charge is 0.459 e. The van der Waals surface area contributed by atoms with Crippen LogP contribution in [0, 0.1) is 5.92 Å². The van der Waals surface area contributed by atoms with E-state index < -0.39 is 18.5 Å². The third-order valence-electron chi connectivity index (χ3n) is 6.65. The molecule has 8 nitrogen and oxygen atoms in total. The second-order valence-corrected chi connectivity index (χ2v) is 9.02. The van der Waals surface area contributed by atoms with Gasteiger partial charge in [0.2, 0.25) is 0 Å². The molecule has 0 bridgehead atoms. The summed E-state index contributed by atoms with van der Waals surface area (Å²) in [5.41, 5.74) is 1.36. The van der Waals surface area contributed by atoms with Gasteiger partial charge in [0.05, 0.1) is 5.60 Å². The van der Waals surface area contributed by atoms with Gasteiger partial charge in [-0.2, -0.15) is 0 Å². The van der Waals surface area contributed by atoms with Gasteiger partial charge in [0, 0.05) is 23.5 Å². The van der Waals surface area contributed by atoms with E-state index in [-0.39, 0.29) is 42.1 Å². The highest BCUT2D eigenvalue weighted by molar-refractivity contribution is 6.01. The van der Waals surface area contributed by atoms with Crippen molar-refractivity contribution in [1.82, 2.24) is 0 Å². The maximum absolute atomic E-state index is 12.1. The first-order valence-electron chi connectivity index (χ1n) is 11.1. The fourth-order valence-electron chi connectivity index (χ4n) is 4.64. The Morgan fingerprint density at radius 1 is 1.22 bits per heavy atom. The molecule has 172 valence electrons. The molecule has 4 rings (SSSR count). The van der Waals surface area contributed by atoms with Crippen molar-refractivity contribution in [2.24, 2.45) is 5.92 Å². The number of allylic oxidation sites excluding steroid dienone is 2. The van der Waals surface area contributed by atoms with Crippen LogP contribution in [0.1, 0.15) is 51.9 Å². The number of carbonyl (C=O) groups excluding carboxylic acids is 4. The maximum Gasteiger partial charge on any atom is 0.344 e. The molecule has 0 radical (unpaired) electrons. The molecule has 8 heteroatoms. The van der Waals surface area contributed by atoms with Crippen LogP contribution < -0.4 is 0 Å². The average molecular weight is 444 g/mol. The minimum Gasteiger partial charge on any atom is -0.459 e. The number of ketones is 1. The molecule has 2 aliphatic carbocycles. The third-order valence-corrected chi connectivity index (χ3v) is 6.65. The van der Waals surface area contributed by atoms with Crippen molar-refractivity contribution in [1.29, 1.82) is 0 Å². The van der Waals surface area contributed by atoms with Crippen LogP contribution in [-0.2, 0) is 38.1 Å². The van der Waals surface area contributed by atoms with Crippen LogP contribution in [-0.4, -0.2) is 54.7 Å². The number of fused-ring (bicyclic) bond motifs is 3. The molecule has 0 aromatic carbocycles. The monoisotopic (exact) mass is 444 g/mol. The average Bonchev–Trinajstić information content (AvgIpc) is 3.35. The van der Waals surface area contributed by atoms with Crippen molar-refractivity contribution < 1.29 is 38.1 Å². The highest BCUT2D eigenvalue weighted by atomic mass is 16.6. The minimum atomic E-state index is -0.657. The summed E-state index contributed by atoms with van der Waals surface area (Å²) in [5.74, 6) is -1.91. The Hall–Kier alpha value is -2.74. The smallest absolute Gasteiger partial charge is 0.344 e. The molecule has 2 aliphatic heterocycles. The summed E-state index contributed by atoms with van der Waals surface area (Å²) in [5, 5.41) is 0. The van der Waals surface area contributed by atoms with E-state index in [0.717, 1.165) is 18.4 Å². The molecule has 2 saturated heterocycles. The van der Waals surface area contributed by atoms with Crippen molar-refractivity contribution in [3.05, 3.63) is 35.5 Å². The first-order chi connectivity index (χ1) is 15.3. The first kappa shape index (κ1) is 22.5. The van der Waals surface area contributed by atoms with Gasteiger partial charge in [-0.1, -0.05) is 12.7 Å². The Kier molecular flexibility index (Phi) is 6.33. The van der Waals surface area contributed by atoms with E-state index >= 15 is 0 Å². The zero-order valence-electron chi connectivity index (χ0n) is 18.2. The molecule has 4 atom stereocenters. The number of rotatable bonds is 5. The Balaban J connectivity index is 1.29. The molecule has 0 aromatic rings. The Bertz CT molecular complexity index is 913. The molecule has 4 aliphatic rings. The van der Waals surface area contributed by atoms with Gasteiger partial charge in [0.25, 0.3) is 0 Å². The molecule has 32 heavy (non-hydrogen) atoms. The van der Waals surface area contributed by atoms with Crippen LogP contribution in [0.3, 0.4) is 0 Å². The summed E-state index contributed by atoms with van der Waals surface area (Å²) in [7, 11) is 0. The molecule has 0 amide bonds. The molecular weight excluding hydrogens is 416 g/mol. The number of hydrogen-bond donors (Lipinski definition) is 0. The molecular formula is C24H28O8. The SMILES string of the molecule is C=C1C(=O)O[C@@H]2[C@H]3O[C@]3(C)CC/C=C(/COC(=O)COC(=O)C3=CC(=O)CCC3)CC[C@@H]12. The molecule has 0 saturated carbocycles. The highest BCUT2D eigenvalue weighted by Gasteiger charge is 2.61. The van der Waals surface area contributed by atoms with E-state index in [1.54, 1.807) is 0 Å². The van der Waals surface area contributed by atoms with E-state index in [4.69, 9.17) is 18.9 Å². The van der Waals surface area contributed by atoms with Crippen LogP contribution in [0.15, 0.2) is 35.5 Å². The van der Waals surface area contributed by atoms with Crippen LogP contribution in [0.5, 0.6) is 0 Å². The van der Waals surface area contributed by atoms with Crippen LogP contribution >= 0.6 is 0 Å². The topological polar surface area (TPSA) is 108 Å². The van der Waals surface area contributed by atoms with E-state index in [0.29, 0.717) is 43.3 Å². The van der Waals surface area contributed by atoms with Crippen molar-refractivity contribution in [2.75, 3.05) is 13.2 Å². The number of epoxide rings is 1. The number of carbonyl (C=O) groups is 4. The summed E-state index contributed by atoms with van der Waals surface area (Å²) in [4.78, 5) is 47.6. The van der Waals surface area contributed by atoms with Crippen molar-refractivity contribution in [3.8, 4) is 0 Å². The predicted molar refractivity (Wildman–Crippen MR) is 111 cm³/mol. The lowest BCUT2D eigenvalue weighted by Gasteiger charge is -2.20. The molecule has 0 aromatic heterocycles. The second-order valence-electron chi connectivity index (χ2n) is 9.02. The third kappa shape index (κ3) is 4.85. The fourth-order valence-corrected chi connectivity index (χ4v) is 4.64. The Labute approximate surface area is 186 Å². The van der Waals surface area contributed by atoms with Gasteiger partial charge in [0.1, 0.15) is 18.8 Å². The summed E-state index contributed by atoms with van der Waals surface area (Å²) < 4.78 is 21.7. The maximum atomic E-state index is 12.1. The molecule has 2 heterocycles. The van der Waals surface area contributed by atoms with Crippen LogP contribution in [0.25, 0.3) is 0 Å². The Morgan fingerprint density at radius 3 is 2.81 bits per heavy atom. The summed E-state index contributed by atoms with van der Waals surface area (Å²) >= 11 is 0. The van der Waals surface area contributed by atoms with E-state index in [1.165, 1.54) is 6.08 Å². The zero-order chi connectivity index (χ0) is 22.9.